The molecule has 0 fully saturated rings. The summed E-state index contributed by atoms with van der Waals surface area (Å²) in [7, 11) is 1.75. The molecule has 16 heavy (non-hydrogen) atoms. The summed E-state index contributed by atoms with van der Waals surface area (Å²) in [6, 6.07) is 0. The van der Waals surface area contributed by atoms with Gasteiger partial charge in [-0.25, -0.2) is 0 Å². The van der Waals surface area contributed by atoms with Crippen LogP contribution in [0.5, 0.6) is 0 Å². The molecule has 5 heteroatoms. The monoisotopic (exact) mass is 244 g/mol. The summed E-state index contributed by atoms with van der Waals surface area (Å²) in [6.45, 7) is 5.65. The zero-order valence-electron chi connectivity index (χ0n) is 9.99. The third-order valence-electron chi connectivity index (χ3n) is 2.82. The molecule has 0 saturated heterocycles. The number of hydrogen-bond donors (Lipinski definition) is 1. The lowest BCUT2D eigenvalue weighted by molar-refractivity contribution is -0.143. The van der Waals surface area contributed by atoms with E-state index >= 15 is 0 Å². The van der Waals surface area contributed by atoms with Crippen molar-refractivity contribution in [2.24, 2.45) is 18.9 Å². The van der Waals surface area contributed by atoms with Crippen LogP contribution in [0.4, 0.5) is 0 Å². The van der Waals surface area contributed by atoms with Crippen LogP contribution in [0, 0.1) is 18.8 Å². The van der Waals surface area contributed by atoms with Gasteiger partial charge in [0.05, 0.1) is 11.6 Å². The first-order chi connectivity index (χ1) is 7.34. The van der Waals surface area contributed by atoms with Crippen LogP contribution in [0.15, 0.2) is 0 Å². The van der Waals surface area contributed by atoms with E-state index in [1.165, 1.54) is 0 Å². The lowest BCUT2D eigenvalue weighted by Gasteiger charge is -2.15. The lowest BCUT2D eigenvalue weighted by atomic mass is 9.89. The van der Waals surface area contributed by atoms with Crippen molar-refractivity contribution in [3.05, 3.63) is 16.4 Å². The van der Waals surface area contributed by atoms with Crippen LogP contribution in [-0.2, 0) is 18.3 Å². The molecular formula is C11H17ClN2O2. The Bertz CT molecular complexity index is 399. The van der Waals surface area contributed by atoms with Crippen LogP contribution >= 0.6 is 11.6 Å². The maximum Gasteiger partial charge on any atom is 0.307 e. The minimum absolute atomic E-state index is 0.0770. The first-order valence-electron chi connectivity index (χ1n) is 5.25. The van der Waals surface area contributed by atoms with Gasteiger partial charge in [0, 0.05) is 12.6 Å². The average Bonchev–Trinajstić information content (AvgIpc) is 2.38. The molecule has 1 N–H and O–H groups in total. The van der Waals surface area contributed by atoms with Crippen LogP contribution < -0.4 is 0 Å². The van der Waals surface area contributed by atoms with Gasteiger partial charge in [0.15, 0.2) is 0 Å². The number of carbonyl (C=O) groups is 1. The third kappa shape index (κ3) is 2.55. The van der Waals surface area contributed by atoms with Gasteiger partial charge >= 0.3 is 5.97 Å². The Morgan fingerprint density at radius 2 is 2.12 bits per heavy atom. The molecule has 0 saturated carbocycles. The van der Waals surface area contributed by atoms with Crippen LogP contribution in [-0.4, -0.2) is 20.9 Å². The topological polar surface area (TPSA) is 55.1 Å². The van der Waals surface area contributed by atoms with Gasteiger partial charge in [0.2, 0.25) is 0 Å². The predicted octanol–water partition coefficient (Wildman–Crippen LogP) is 2.28. The SMILES string of the molecule is Cc1nn(C)c(Cl)c1CC(C(=O)O)C(C)C. The van der Waals surface area contributed by atoms with Crippen molar-refractivity contribution in [1.82, 2.24) is 9.78 Å². The molecule has 1 heterocycles. The Labute approximate surface area is 100 Å². The highest BCUT2D eigenvalue weighted by atomic mass is 35.5. The molecule has 0 radical (unpaired) electrons. The number of aryl methyl sites for hydroxylation is 2. The number of halogens is 1. The Morgan fingerprint density at radius 3 is 2.44 bits per heavy atom. The van der Waals surface area contributed by atoms with E-state index in [2.05, 4.69) is 5.10 Å². The molecule has 0 aliphatic rings. The van der Waals surface area contributed by atoms with Gasteiger partial charge in [-0.2, -0.15) is 5.10 Å². The number of rotatable bonds is 4. The van der Waals surface area contributed by atoms with E-state index in [4.69, 9.17) is 16.7 Å². The van der Waals surface area contributed by atoms with Gasteiger partial charge in [-0.05, 0) is 19.3 Å². The second-order valence-corrected chi connectivity index (χ2v) is 4.73. The Kier molecular flexibility index (Phi) is 3.97. The van der Waals surface area contributed by atoms with E-state index in [0.29, 0.717) is 11.6 Å². The second-order valence-electron chi connectivity index (χ2n) is 4.37. The average molecular weight is 245 g/mol. The standard InChI is InChI=1S/C11H17ClN2O2/c1-6(2)8(11(15)16)5-9-7(3)13-14(4)10(9)12/h6,8H,5H2,1-4H3,(H,15,16). The molecule has 0 amide bonds. The molecule has 0 bridgehead atoms. The van der Waals surface area contributed by atoms with Gasteiger partial charge < -0.3 is 5.11 Å². The summed E-state index contributed by atoms with van der Waals surface area (Å²) in [5.41, 5.74) is 1.64. The van der Waals surface area contributed by atoms with Crippen LogP contribution in [0.2, 0.25) is 5.15 Å². The molecule has 4 nitrogen and oxygen atoms in total. The fourth-order valence-electron chi connectivity index (χ4n) is 1.73. The van der Waals surface area contributed by atoms with Gasteiger partial charge in [0.1, 0.15) is 5.15 Å². The molecule has 90 valence electrons. The zero-order chi connectivity index (χ0) is 12.5. The molecule has 1 atom stereocenters. The van der Waals surface area contributed by atoms with Gasteiger partial charge in [-0.15, -0.1) is 0 Å². The van der Waals surface area contributed by atoms with Crippen LogP contribution in [0.25, 0.3) is 0 Å². The molecule has 1 aromatic rings. The van der Waals surface area contributed by atoms with Crippen molar-refractivity contribution < 1.29 is 9.90 Å². The third-order valence-corrected chi connectivity index (χ3v) is 3.29. The maximum absolute atomic E-state index is 11.1. The van der Waals surface area contributed by atoms with Crippen molar-refractivity contribution in [3.8, 4) is 0 Å². The van der Waals surface area contributed by atoms with Crippen LogP contribution in [0.1, 0.15) is 25.1 Å². The predicted molar refractivity (Wildman–Crippen MR) is 62.6 cm³/mol. The summed E-state index contributed by atoms with van der Waals surface area (Å²) in [5.74, 6) is -1.12. The zero-order valence-corrected chi connectivity index (χ0v) is 10.7. The number of carboxylic acids is 1. The highest BCUT2D eigenvalue weighted by Gasteiger charge is 2.25. The second kappa shape index (κ2) is 4.87. The van der Waals surface area contributed by atoms with E-state index in [-0.39, 0.29) is 5.92 Å². The summed E-state index contributed by atoms with van der Waals surface area (Å²) in [4.78, 5) is 11.1. The lowest BCUT2D eigenvalue weighted by Crippen LogP contribution is -2.22. The molecule has 1 rings (SSSR count). The summed E-state index contributed by atoms with van der Waals surface area (Å²) < 4.78 is 1.57. The molecule has 1 aromatic heterocycles. The van der Waals surface area contributed by atoms with Crippen molar-refractivity contribution in [2.45, 2.75) is 27.2 Å². The van der Waals surface area contributed by atoms with Gasteiger partial charge in [0.25, 0.3) is 0 Å². The van der Waals surface area contributed by atoms with E-state index < -0.39 is 11.9 Å². The van der Waals surface area contributed by atoms with E-state index in [1.54, 1.807) is 11.7 Å². The number of nitrogens with zero attached hydrogens (tertiary/aromatic N) is 2. The molecule has 1 unspecified atom stereocenters. The minimum atomic E-state index is -0.783. The highest BCUT2D eigenvalue weighted by molar-refractivity contribution is 6.30. The van der Waals surface area contributed by atoms with Gasteiger partial charge in [-0.1, -0.05) is 25.4 Å². The number of aromatic nitrogens is 2. The molecule has 0 aliphatic carbocycles. The highest BCUT2D eigenvalue weighted by Crippen LogP contribution is 2.25. The first-order valence-corrected chi connectivity index (χ1v) is 5.63. The first kappa shape index (κ1) is 13.0. The van der Waals surface area contributed by atoms with E-state index in [9.17, 15) is 4.79 Å². The minimum Gasteiger partial charge on any atom is -0.481 e. The Hall–Kier alpha value is -1.03. The smallest absolute Gasteiger partial charge is 0.307 e. The molecular weight excluding hydrogens is 228 g/mol. The Balaban J connectivity index is 2.98. The molecule has 0 aliphatic heterocycles. The normalized spacial score (nSPS) is 13.1. The fourth-order valence-corrected chi connectivity index (χ4v) is 1.99. The Morgan fingerprint density at radius 1 is 1.56 bits per heavy atom. The van der Waals surface area contributed by atoms with Crippen LogP contribution in [0.3, 0.4) is 0 Å². The van der Waals surface area contributed by atoms with Crippen molar-refractivity contribution in [2.75, 3.05) is 0 Å². The van der Waals surface area contributed by atoms with Crippen molar-refractivity contribution in [3.63, 3.8) is 0 Å². The number of carboxylic acid groups (broad SMARTS) is 1. The van der Waals surface area contributed by atoms with Crippen molar-refractivity contribution in [1.29, 1.82) is 0 Å². The van der Waals surface area contributed by atoms with Gasteiger partial charge in [-0.3, -0.25) is 9.48 Å². The quantitative estimate of drug-likeness (QED) is 0.884. The molecule has 0 spiro atoms. The van der Waals surface area contributed by atoms with Crippen molar-refractivity contribution >= 4 is 17.6 Å². The number of hydrogen-bond acceptors (Lipinski definition) is 2. The largest absolute Gasteiger partial charge is 0.481 e. The fraction of sp³-hybridized carbons (Fsp3) is 0.636. The number of aliphatic carboxylic acids is 1. The summed E-state index contributed by atoms with van der Waals surface area (Å²) >= 11 is 6.08. The summed E-state index contributed by atoms with van der Waals surface area (Å²) in [6.07, 6.45) is 0.436. The molecule has 0 aromatic carbocycles. The summed E-state index contributed by atoms with van der Waals surface area (Å²) in [5, 5.41) is 13.8. The van der Waals surface area contributed by atoms with E-state index in [0.717, 1.165) is 11.3 Å². The maximum atomic E-state index is 11.1. The van der Waals surface area contributed by atoms with E-state index in [1.807, 2.05) is 20.8 Å².